The van der Waals surface area contributed by atoms with Gasteiger partial charge in [-0.15, -0.1) is 0 Å². The molecule has 0 atom stereocenters. The fourth-order valence-electron chi connectivity index (χ4n) is 3.20. The molecule has 5 heteroatoms. The quantitative estimate of drug-likeness (QED) is 0.794. The zero-order chi connectivity index (χ0) is 18.2. The lowest BCUT2D eigenvalue weighted by atomic mass is 10.1. The van der Waals surface area contributed by atoms with Crippen molar-refractivity contribution < 1.29 is 4.79 Å². The van der Waals surface area contributed by atoms with Crippen LogP contribution in [0.4, 0.5) is 4.79 Å². The molecule has 0 bridgehead atoms. The number of carbonyl (C=O) groups excluding carboxylic acids is 1. The number of rotatable bonds is 6. The Kier molecular flexibility index (Phi) is 6.92. The average molecular weight is 372 g/mol. The molecule has 2 aromatic rings. The number of carbonyl (C=O) groups is 1. The topological polar surface area (TPSA) is 44.4 Å². The van der Waals surface area contributed by atoms with Gasteiger partial charge in [0.05, 0.1) is 0 Å². The van der Waals surface area contributed by atoms with Crippen molar-refractivity contribution in [1.82, 2.24) is 15.5 Å². The fourth-order valence-corrected chi connectivity index (χ4v) is 3.40. The van der Waals surface area contributed by atoms with E-state index < -0.39 is 0 Å². The summed E-state index contributed by atoms with van der Waals surface area (Å²) in [4.78, 5) is 14.5. The number of piperidine rings is 1. The second-order valence-electron chi connectivity index (χ2n) is 6.78. The Morgan fingerprint density at radius 1 is 0.885 bits per heavy atom. The molecule has 2 amide bonds. The molecule has 4 nitrogen and oxygen atoms in total. The number of amides is 2. The Morgan fingerprint density at radius 2 is 1.54 bits per heavy atom. The van der Waals surface area contributed by atoms with Crippen LogP contribution in [0.1, 0.15) is 36.0 Å². The summed E-state index contributed by atoms with van der Waals surface area (Å²) >= 11 is 6.09. The standard InChI is InChI=1S/C21H26ClN3O/c22-20-7-3-2-6-19(20)15-24-21(26)23-14-17-8-10-18(11-9-17)16-25-12-4-1-5-13-25/h2-3,6-11H,1,4-5,12-16H2,(H2,23,24,26). The van der Waals surface area contributed by atoms with E-state index in [2.05, 4.69) is 39.8 Å². The SMILES string of the molecule is O=C(NCc1ccc(CN2CCCCC2)cc1)NCc1ccccc1Cl. The Bertz CT molecular complexity index is 711. The molecular weight excluding hydrogens is 346 g/mol. The number of urea groups is 1. The van der Waals surface area contributed by atoms with Crippen molar-refractivity contribution in [2.45, 2.75) is 38.9 Å². The van der Waals surface area contributed by atoms with Crippen molar-refractivity contribution in [3.63, 3.8) is 0 Å². The van der Waals surface area contributed by atoms with E-state index in [0.717, 1.165) is 17.7 Å². The van der Waals surface area contributed by atoms with Gasteiger partial charge in [-0.05, 0) is 48.7 Å². The van der Waals surface area contributed by atoms with Gasteiger partial charge in [0.1, 0.15) is 0 Å². The minimum Gasteiger partial charge on any atom is -0.334 e. The first-order valence-corrected chi connectivity index (χ1v) is 9.64. The summed E-state index contributed by atoms with van der Waals surface area (Å²) in [6.45, 7) is 4.36. The van der Waals surface area contributed by atoms with E-state index in [-0.39, 0.29) is 6.03 Å². The van der Waals surface area contributed by atoms with Crippen LogP contribution >= 0.6 is 11.6 Å². The highest BCUT2D eigenvalue weighted by Crippen LogP contribution is 2.15. The smallest absolute Gasteiger partial charge is 0.315 e. The fraction of sp³-hybridized carbons (Fsp3) is 0.381. The van der Waals surface area contributed by atoms with Crippen LogP contribution in [0.2, 0.25) is 5.02 Å². The number of halogens is 1. The van der Waals surface area contributed by atoms with Gasteiger partial charge in [-0.1, -0.05) is 60.5 Å². The largest absolute Gasteiger partial charge is 0.334 e. The van der Waals surface area contributed by atoms with E-state index in [4.69, 9.17) is 11.6 Å². The van der Waals surface area contributed by atoms with Crippen LogP contribution in [0.15, 0.2) is 48.5 Å². The van der Waals surface area contributed by atoms with Crippen LogP contribution in [0.3, 0.4) is 0 Å². The van der Waals surface area contributed by atoms with Gasteiger partial charge < -0.3 is 10.6 Å². The molecule has 26 heavy (non-hydrogen) atoms. The van der Waals surface area contributed by atoms with E-state index in [9.17, 15) is 4.79 Å². The van der Waals surface area contributed by atoms with Crippen LogP contribution in [-0.4, -0.2) is 24.0 Å². The molecule has 0 radical (unpaired) electrons. The molecule has 138 valence electrons. The molecule has 0 unspecified atom stereocenters. The Morgan fingerprint density at radius 3 is 2.27 bits per heavy atom. The lowest BCUT2D eigenvalue weighted by Gasteiger charge is -2.26. The van der Waals surface area contributed by atoms with Gasteiger partial charge in [-0.3, -0.25) is 4.90 Å². The summed E-state index contributed by atoms with van der Waals surface area (Å²) in [5.41, 5.74) is 3.34. The van der Waals surface area contributed by atoms with Crippen molar-refractivity contribution in [3.05, 3.63) is 70.2 Å². The summed E-state index contributed by atoms with van der Waals surface area (Å²) in [5, 5.41) is 6.38. The molecule has 1 heterocycles. The summed E-state index contributed by atoms with van der Waals surface area (Å²) < 4.78 is 0. The third-order valence-corrected chi connectivity index (χ3v) is 5.10. The number of hydrogen-bond donors (Lipinski definition) is 2. The van der Waals surface area contributed by atoms with Gasteiger partial charge in [0.2, 0.25) is 0 Å². The maximum Gasteiger partial charge on any atom is 0.315 e. The first-order valence-electron chi connectivity index (χ1n) is 9.26. The second-order valence-corrected chi connectivity index (χ2v) is 7.19. The highest BCUT2D eigenvalue weighted by Gasteiger charge is 2.10. The van der Waals surface area contributed by atoms with Gasteiger partial charge in [0.15, 0.2) is 0 Å². The molecule has 3 rings (SSSR count). The average Bonchev–Trinajstić information content (AvgIpc) is 2.68. The lowest BCUT2D eigenvalue weighted by Crippen LogP contribution is -2.34. The first-order chi connectivity index (χ1) is 12.7. The van der Waals surface area contributed by atoms with Crippen molar-refractivity contribution in [2.75, 3.05) is 13.1 Å². The zero-order valence-electron chi connectivity index (χ0n) is 15.0. The zero-order valence-corrected chi connectivity index (χ0v) is 15.8. The Labute approximate surface area is 160 Å². The predicted octanol–water partition coefficient (Wildman–Crippen LogP) is 4.33. The maximum absolute atomic E-state index is 12.0. The Balaban J connectivity index is 1.41. The highest BCUT2D eigenvalue weighted by atomic mass is 35.5. The highest BCUT2D eigenvalue weighted by molar-refractivity contribution is 6.31. The van der Waals surface area contributed by atoms with Gasteiger partial charge in [-0.2, -0.15) is 0 Å². The molecule has 2 N–H and O–H groups in total. The van der Waals surface area contributed by atoms with Crippen molar-refractivity contribution in [3.8, 4) is 0 Å². The molecule has 0 saturated carbocycles. The van der Waals surface area contributed by atoms with E-state index in [1.54, 1.807) is 0 Å². The van der Waals surface area contributed by atoms with Gasteiger partial charge in [0, 0.05) is 24.7 Å². The van der Waals surface area contributed by atoms with Crippen LogP contribution in [0.25, 0.3) is 0 Å². The normalized spacial score (nSPS) is 14.8. The first kappa shape index (κ1) is 18.7. The van der Waals surface area contributed by atoms with Crippen LogP contribution < -0.4 is 10.6 Å². The van der Waals surface area contributed by atoms with Gasteiger partial charge in [0.25, 0.3) is 0 Å². The van der Waals surface area contributed by atoms with E-state index in [1.165, 1.54) is 37.9 Å². The number of nitrogens with zero attached hydrogens (tertiary/aromatic N) is 1. The number of benzene rings is 2. The lowest BCUT2D eigenvalue weighted by molar-refractivity contribution is 0.221. The molecule has 1 fully saturated rings. The van der Waals surface area contributed by atoms with Crippen LogP contribution in [0, 0.1) is 0 Å². The number of likely N-dealkylation sites (tertiary alicyclic amines) is 1. The molecule has 0 aliphatic carbocycles. The van der Waals surface area contributed by atoms with Crippen molar-refractivity contribution >= 4 is 17.6 Å². The Hall–Kier alpha value is -2.04. The van der Waals surface area contributed by atoms with E-state index >= 15 is 0 Å². The van der Waals surface area contributed by atoms with Crippen LogP contribution in [0.5, 0.6) is 0 Å². The predicted molar refractivity (Wildman–Crippen MR) is 106 cm³/mol. The summed E-state index contributed by atoms with van der Waals surface area (Å²) in [6, 6.07) is 15.8. The van der Waals surface area contributed by atoms with Gasteiger partial charge in [-0.25, -0.2) is 4.79 Å². The third-order valence-electron chi connectivity index (χ3n) is 4.73. The van der Waals surface area contributed by atoms with E-state index in [0.29, 0.717) is 18.1 Å². The van der Waals surface area contributed by atoms with Crippen molar-refractivity contribution in [1.29, 1.82) is 0 Å². The summed E-state index contributed by atoms with van der Waals surface area (Å²) in [7, 11) is 0. The molecule has 0 spiro atoms. The molecule has 2 aromatic carbocycles. The number of hydrogen-bond acceptors (Lipinski definition) is 2. The second kappa shape index (κ2) is 9.60. The van der Waals surface area contributed by atoms with Crippen molar-refractivity contribution in [2.24, 2.45) is 0 Å². The monoisotopic (exact) mass is 371 g/mol. The minimum absolute atomic E-state index is 0.192. The molecule has 0 aromatic heterocycles. The molecule has 1 aliphatic heterocycles. The third kappa shape index (κ3) is 5.75. The maximum atomic E-state index is 12.0. The summed E-state index contributed by atoms with van der Waals surface area (Å²) in [6.07, 6.45) is 3.98. The molecule has 1 aliphatic rings. The van der Waals surface area contributed by atoms with Gasteiger partial charge >= 0.3 is 6.03 Å². The van der Waals surface area contributed by atoms with Crippen LogP contribution in [-0.2, 0) is 19.6 Å². The molecule has 1 saturated heterocycles. The number of nitrogens with one attached hydrogen (secondary N) is 2. The van der Waals surface area contributed by atoms with E-state index in [1.807, 2.05) is 24.3 Å². The summed E-state index contributed by atoms with van der Waals surface area (Å²) in [5.74, 6) is 0. The molecular formula is C21H26ClN3O. The minimum atomic E-state index is -0.192.